The molecule has 0 atom stereocenters. The molecule has 0 radical (unpaired) electrons. The fourth-order valence-corrected chi connectivity index (χ4v) is 4.08. The molecular weight excluding hydrogens is 314 g/mol. The van der Waals surface area contributed by atoms with Crippen LogP contribution in [0, 0.1) is 0 Å². The summed E-state index contributed by atoms with van der Waals surface area (Å²) in [5.41, 5.74) is 0. The van der Waals surface area contributed by atoms with E-state index in [1.54, 1.807) is 11.8 Å². The van der Waals surface area contributed by atoms with Crippen molar-refractivity contribution in [1.29, 1.82) is 0 Å². The van der Waals surface area contributed by atoms with E-state index in [2.05, 4.69) is 5.10 Å². The molecule has 0 fully saturated rings. The number of methoxy groups -OCH3 is 1. The van der Waals surface area contributed by atoms with Crippen LogP contribution in [0.3, 0.4) is 0 Å². The molecule has 1 heterocycles. The van der Waals surface area contributed by atoms with Crippen LogP contribution in [0.5, 0.6) is 0 Å². The monoisotopic (exact) mass is 337 g/mol. The zero-order valence-electron chi connectivity index (χ0n) is 12.8. The maximum atomic E-state index is 12.8. The van der Waals surface area contributed by atoms with Crippen molar-refractivity contribution in [1.82, 2.24) is 14.1 Å². The Bertz CT molecular complexity index is 514. The Morgan fingerprint density at radius 1 is 1.43 bits per heavy atom. The standard InChI is InChI=1S/C13H24ClN3O3S/c1-4-12(5-2)17(8-9-20-3)21(18,19)13-10-15-16(11-13)7-6-14/h10-12H,4-9H2,1-3H3. The van der Waals surface area contributed by atoms with Crippen molar-refractivity contribution < 1.29 is 13.2 Å². The Kier molecular flexibility index (Phi) is 7.65. The predicted molar refractivity (Wildman–Crippen MR) is 83.1 cm³/mol. The summed E-state index contributed by atoms with van der Waals surface area (Å²) in [6.07, 6.45) is 4.43. The van der Waals surface area contributed by atoms with E-state index in [0.717, 1.165) is 12.8 Å². The van der Waals surface area contributed by atoms with Crippen molar-refractivity contribution in [3.05, 3.63) is 12.4 Å². The van der Waals surface area contributed by atoms with Gasteiger partial charge in [-0.05, 0) is 12.8 Å². The van der Waals surface area contributed by atoms with E-state index in [4.69, 9.17) is 16.3 Å². The average Bonchev–Trinajstić information content (AvgIpc) is 2.93. The number of hydrogen-bond acceptors (Lipinski definition) is 4. The third-order valence-electron chi connectivity index (χ3n) is 3.40. The van der Waals surface area contributed by atoms with Crippen LogP contribution in [0.15, 0.2) is 17.3 Å². The minimum atomic E-state index is -3.57. The van der Waals surface area contributed by atoms with Gasteiger partial charge in [0.2, 0.25) is 10.0 Å². The highest BCUT2D eigenvalue weighted by molar-refractivity contribution is 7.89. The first-order valence-corrected chi connectivity index (χ1v) is 9.07. The molecule has 1 rings (SSSR count). The number of aryl methyl sites for hydroxylation is 1. The molecule has 0 saturated heterocycles. The number of nitrogens with zero attached hydrogens (tertiary/aromatic N) is 3. The van der Waals surface area contributed by atoms with Crippen LogP contribution < -0.4 is 0 Å². The molecule has 8 heteroatoms. The first-order chi connectivity index (χ1) is 10.0. The van der Waals surface area contributed by atoms with E-state index < -0.39 is 10.0 Å². The smallest absolute Gasteiger partial charge is 0.246 e. The van der Waals surface area contributed by atoms with Gasteiger partial charge in [-0.3, -0.25) is 4.68 Å². The number of alkyl halides is 1. The molecule has 0 unspecified atom stereocenters. The van der Waals surface area contributed by atoms with E-state index in [-0.39, 0.29) is 10.9 Å². The molecule has 1 aromatic rings. The summed E-state index contributed by atoms with van der Waals surface area (Å²) in [6, 6.07) is -0.0403. The van der Waals surface area contributed by atoms with Crippen molar-refractivity contribution >= 4 is 21.6 Å². The van der Waals surface area contributed by atoms with Gasteiger partial charge in [0, 0.05) is 31.8 Å². The van der Waals surface area contributed by atoms with Gasteiger partial charge in [-0.2, -0.15) is 9.40 Å². The van der Waals surface area contributed by atoms with E-state index in [1.807, 2.05) is 13.8 Å². The van der Waals surface area contributed by atoms with Crippen molar-refractivity contribution in [2.45, 2.75) is 44.2 Å². The Balaban J connectivity index is 3.06. The van der Waals surface area contributed by atoms with E-state index >= 15 is 0 Å². The SMILES string of the molecule is CCC(CC)N(CCOC)S(=O)(=O)c1cnn(CCCl)c1. The van der Waals surface area contributed by atoms with Gasteiger partial charge in [0.05, 0.1) is 19.3 Å². The summed E-state index contributed by atoms with van der Waals surface area (Å²) in [6.45, 7) is 5.17. The van der Waals surface area contributed by atoms with Crippen molar-refractivity contribution in [3.63, 3.8) is 0 Å². The van der Waals surface area contributed by atoms with Crippen LogP contribution in [-0.2, 0) is 21.3 Å². The lowest BCUT2D eigenvalue weighted by Gasteiger charge is -2.28. The molecule has 0 aliphatic rings. The topological polar surface area (TPSA) is 64.4 Å². The van der Waals surface area contributed by atoms with Gasteiger partial charge in [-0.1, -0.05) is 13.8 Å². The zero-order chi connectivity index (χ0) is 15.9. The van der Waals surface area contributed by atoms with Gasteiger partial charge in [-0.25, -0.2) is 8.42 Å². The maximum Gasteiger partial charge on any atom is 0.246 e. The lowest BCUT2D eigenvalue weighted by atomic mass is 10.2. The average molecular weight is 338 g/mol. The van der Waals surface area contributed by atoms with Crippen LogP contribution in [0.2, 0.25) is 0 Å². The number of aromatic nitrogens is 2. The minimum absolute atomic E-state index is 0.0403. The molecular formula is C13H24ClN3O3S. The maximum absolute atomic E-state index is 12.8. The Morgan fingerprint density at radius 3 is 2.62 bits per heavy atom. The number of rotatable bonds is 10. The van der Waals surface area contributed by atoms with E-state index in [1.165, 1.54) is 16.7 Å². The fourth-order valence-electron chi connectivity index (χ4n) is 2.20. The summed E-state index contributed by atoms with van der Waals surface area (Å²) in [5, 5.41) is 4.04. The largest absolute Gasteiger partial charge is 0.383 e. The second kappa shape index (κ2) is 8.73. The number of hydrogen-bond donors (Lipinski definition) is 0. The minimum Gasteiger partial charge on any atom is -0.383 e. The molecule has 0 amide bonds. The molecule has 1 aromatic heterocycles. The molecule has 0 aliphatic heterocycles. The summed E-state index contributed by atoms with van der Waals surface area (Å²) in [5.74, 6) is 0.390. The lowest BCUT2D eigenvalue weighted by Crippen LogP contribution is -2.41. The molecule has 21 heavy (non-hydrogen) atoms. The van der Waals surface area contributed by atoms with Crippen molar-refractivity contribution in [2.24, 2.45) is 0 Å². The number of sulfonamides is 1. The summed E-state index contributed by atoms with van der Waals surface area (Å²) >= 11 is 5.65. The fraction of sp³-hybridized carbons (Fsp3) is 0.769. The molecule has 6 nitrogen and oxygen atoms in total. The second-order valence-corrected chi connectivity index (χ2v) is 6.98. The van der Waals surface area contributed by atoms with Crippen LogP contribution in [0.4, 0.5) is 0 Å². The predicted octanol–water partition coefficient (Wildman–Crippen LogP) is 1.95. The molecule has 0 aromatic carbocycles. The van der Waals surface area contributed by atoms with E-state index in [9.17, 15) is 8.42 Å². The van der Waals surface area contributed by atoms with Crippen LogP contribution in [0.1, 0.15) is 26.7 Å². The van der Waals surface area contributed by atoms with Crippen molar-refractivity contribution in [2.75, 3.05) is 26.1 Å². The van der Waals surface area contributed by atoms with Crippen molar-refractivity contribution in [3.8, 4) is 0 Å². The molecule has 0 N–H and O–H groups in total. The summed E-state index contributed by atoms with van der Waals surface area (Å²) in [7, 11) is -2.00. The number of ether oxygens (including phenoxy) is 1. The third-order valence-corrected chi connectivity index (χ3v) is 5.47. The molecule has 122 valence electrons. The van der Waals surface area contributed by atoms with Crippen LogP contribution >= 0.6 is 11.6 Å². The Morgan fingerprint density at radius 2 is 2.10 bits per heavy atom. The van der Waals surface area contributed by atoms with Crippen LogP contribution in [0.25, 0.3) is 0 Å². The molecule has 0 aliphatic carbocycles. The van der Waals surface area contributed by atoms with Crippen LogP contribution in [-0.4, -0.2) is 54.7 Å². The Labute approximate surface area is 132 Å². The van der Waals surface area contributed by atoms with Gasteiger partial charge < -0.3 is 4.74 Å². The van der Waals surface area contributed by atoms with Gasteiger partial charge >= 0.3 is 0 Å². The first-order valence-electron chi connectivity index (χ1n) is 7.10. The highest BCUT2D eigenvalue weighted by Crippen LogP contribution is 2.20. The van der Waals surface area contributed by atoms with Gasteiger partial charge in [0.25, 0.3) is 0 Å². The normalized spacial score (nSPS) is 12.5. The lowest BCUT2D eigenvalue weighted by molar-refractivity contribution is 0.163. The molecule has 0 spiro atoms. The quantitative estimate of drug-likeness (QED) is 0.612. The summed E-state index contributed by atoms with van der Waals surface area (Å²) in [4.78, 5) is 0.204. The molecule has 0 saturated carbocycles. The second-order valence-electron chi connectivity index (χ2n) is 4.71. The molecule has 0 bridgehead atoms. The highest BCUT2D eigenvalue weighted by Gasteiger charge is 2.30. The third kappa shape index (κ3) is 4.67. The first kappa shape index (κ1) is 18.4. The highest BCUT2D eigenvalue weighted by atomic mass is 35.5. The van der Waals surface area contributed by atoms with Gasteiger partial charge in [-0.15, -0.1) is 11.6 Å². The van der Waals surface area contributed by atoms with Gasteiger partial charge in [0.15, 0.2) is 0 Å². The van der Waals surface area contributed by atoms with E-state index in [0.29, 0.717) is 25.6 Å². The zero-order valence-corrected chi connectivity index (χ0v) is 14.4. The Hall–Kier alpha value is -0.630. The number of halogens is 1. The van der Waals surface area contributed by atoms with Gasteiger partial charge in [0.1, 0.15) is 4.90 Å². The summed E-state index contributed by atoms with van der Waals surface area (Å²) < 4.78 is 33.7.